The number of ether oxygens (including phenoxy) is 1. The second kappa shape index (κ2) is 5.99. The summed E-state index contributed by atoms with van der Waals surface area (Å²) in [5, 5.41) is 5.40. The standard InChI is InChI=1S/C20H19ClN2O/c1-12-6-9-19(24-2)18(10-12)23-20-14-4-3-5-16(14)22-17-8-7-13(21)11-15(17)20/h6-11H,3-5H2,1-2H3,(H,22,23). The fourth-order valence-electron chi connectivity index (χ4n) is 3.43. The summed E-state index contributed by atoms with van der Waals surface area (Å²) in [6.45, 7) is 2.08. The molecule has 0 saturated heterocycles. The summed E-state index contributed by atoms with van der Waals surface area (Å²) in [5.41, 5.74) is 6.74. The lowest BCUT2D eigenvalue weighted by molar-refractivity contribution is 0.416. The van der Waals surface area contributed by atoms with Gasteiger partial charge in [0.2, 0.25) is 0 Å². The van der Waals surface area contributed by atoms with Crippen LogP contribution in [0, 0.1) is 6.92 Å². The monoisotopic (exact) mass is 338 g/mol. The van der Waals surface area contributed by atoms with Crippen molar-refractivity contribution < 1.29 is 4.74 Å². The van der Waals surface area contributed by atoms with Crippen molar-refractivity contribution in [3.05, 3.63) is 58.2 Å². The molecule has 1 N–H and O–H groups in total. The van der Waals surface area contributed by atoms with Crippen molar-refractivity contribution in [2.45, 2.75) is 26.2 Å². The molecule has 24 heavy (non-hydrogen) atoms. The van der Waals surface area contributed by atoms with E-state index in [0.717, 1.165) is 52.3 Å². The van der Waals surface area contributed by atoms with Gasteiger partial charge in [0, 0.05) is 16.1 Å². The lowest BCUT2D eigenvalue weighted by Gasteiger charge is -2.17. The average Bonchev–Trinajstić information content (AvgIpc) is 3.03. The van der Waals surface area contributed by atoms with Crippen molar-refractivity contribution in [2.75, 3.05) is 12.4 Å². The highest BCUT2D eigenvalue weighted by Gasteiger charge is 2.20. The number of aromatic nitrogens is 1. The molecule has 3 nitrogen and oxygen atoms in total. The predicted molar refractivity (Wildman–Crippen MR) is 99.8 cm³/mol. The molecule has 4 heteroatoms. The molecule has 3 aromatic rings. The molecule has 4 rings (SSSR count). The first-order valence-corrected chi connectivity index (χ1v) is 8.56. The number of methoxy groups -OCH3 is 1. The van der Waals surface area contributed by atoms with Crippen LogP contribution in [0.3, 0.4) is 0 Å². The number of nitrogens with zero attached hydrogens (tertiary/aromatic N) is 1. The maximum Gasteiger partial charge on any atom is 0.142 e. The van der Waals surface area contributed by atoms with Crippen molar-refractivity contribution in [1.82, 2.24) is 4.98 Å². The quantitative estimate of drug-likeness (QED) is 0.690. The Morgan fingerprint density at radius 2 is 2.00 bits per heavy atom. The largest absolute Gasteiger partial charge is 0.495 e. The topological polar surface area (TPSA) is 34.1 Å². The molecular formula is C20H19ClN2O. The van der Waals surface area contributed by atoms with Gasteiger partial charge in [-0.2, -0.15) is 0 Å². The minimum atomic E-state index is 0.724. The number of halogens is 1. The molecule has 0 bridgehead atoms. The molecule has 0 fully saturated rings. The van der Waals surface area contributed by atoms with Crippen molar-refractivity contribution >= 4 is 33.9 Å². The Balaban J connectivity index is 1.93. The van der Waals surface area contributed by atoms with Crippen LogP contribution in [0.5, 0.6) is 5.75 Å². The van der Waals surface area contributed by atoms with Crippen molar-refractivity contribution in [1.29, 1.82) is 0 Å². The number of aryl methyl sites for hydroxylation is 2. The number of hydrogen-bond donors (Lipinski definition) is 1. The van der Waals surface area contributed by atoms with Crippen molar-refractivity contribution in [3.63, 3.8) is 0 Å². The molecule has 0 aliphatic heterocycles. The second-order valence-electron chi connectivity index (χ2n) is 6.26. The molecule has 1 aliphatic carbocycles. The van der Waals surface area contributed by atoms with Gasteiger partial charge < -0.3 is 10.1 Å². The van der Waals surface area contributed by atoms with Crippen LogP contribution in [0.25, 0.3) is 10.9 Å². The van der Waals surface area contributed by atoms with E-state index in [-0.39, 0.29) is 0 Å². The molecule has 0 atom stereocenters. The first-order chi connectivity index (χ1) is 11.7. The van der Waals surface area contributed by atoms with Crippen LogP contribution in [-0.2, 0) is 12.8 Å². The Hall–Kier alpha value is -2.26. The first-order valence-electron chi connectivity index (χ1n) is 8.18. The minimum Gasteiger partial charge on any atom is -0.495 e. The summed E-state index contributed by atoms with van der Waals surface area (Å²) < 4.78 is 5.52. The summed E-state index contributed by atoms with van der Waals surface area (Å²) in [6, 6.07) is 12.0. The SMILES string of the molecule is COc1ccc(C)cc1Nc1c2c(nc3ccc(Cl)cc13)CCC2. The third-order valence-corrected chi connectivity index (χ3v) is 4.82. The number of rotatable bonds is 3. The number of anilines is 2. The highest BCUT2D eigenvalue weighted by molar-refractivity contribution is 6.31. The van der Waals surface area contributed by atoms with Crippen LogP contribution in [0.4, 0.5) is 11.4 Å². The molecule has 0 saturated carbocycles. The van der Waals surface area contributed by atoms with Gasteiger partial charge in [-0.05, 0) is 67.6 Å². The van der Waals surface area contributed by atoms with Crippen LogP contribution in [0.1, 0.15) is 23.2 Å². The molecule has 1 heterocycles. The van der Waals surface area contributed by atoms with E-state index in [4.69, 9.17) is 21.3 Å². The molecule has 0 radical (unpaired) electrons. The third-order valence-electron chi connectivity index (χ3n) is 4.59. The van der Waals surface area contributed by atoms with Crippen molar-refractivity contribution in [2.24, 2.45) is 0 Å². The normalized spacial score (nSPS) is 13.1. The van der Waals surface area contributed by atoms with Crippen LogP contribution in [-0.4, -0.2) is 12.1 Å². The Labute approximate surface area is 146 Å². The van der Waals surface area contributed by atoms with E-state index in [0.29, 0.717) is 0 Å². The van der Waals surface area contributed by atoms with E-state index >= 15 is 0 Å². The maximum atomic E-state index is 6.25. The van der Waals surface area contributed by atoms with Gasteiger partial charge in [-0.25, -0.2) is 0 Å². The zero-order valence-electron chi connectivity index (χ0n) is 13.8. The van der Waals surface area contributed by atoms with Gasteiger partial charge in [0.15, 0.2) is 0 Å². The second-order valence-corrected chi connectivity index (χ2v) is 6.69. The molecule has 0 spiro atoms. The highest BCUT2D eigenvalue weighted by Crippen LogP contribution is 2.39. The zero-order valence-corrected chi connectivity index (χ0v) is 14.6. The van der Waals surface area contributed by atoms with E-state index in [9.17, 15) is 0 Å². The minimum absolute atomic E-state index is 0.724. The summed E-state index contributed by atoms with van der Waals surface area (Å²) in [6.07, 6.45) is 3.22. The Morgan fingerprint density at radius 3 is 2.83 bits per heavy atom. The lowest BCUT2D eigenvalue weighted by Crippen LogP contribution is -2.01. The van der Waals surface area contributed by atoms with E-state index in [1.165, 1.54) is 16.8 Å². The van der Waals surface area contributed by atoms with Gasteiger partial charge in [0.25, 0.3) is 0 Å². The molecule has 0 unspecified atom stereocenters. The summed E-state index contributed by atoms with van der Waals surface area (Å²) >= 11 is 6.25. The summed E-state index contributed by atoms with van der Waals surface area (Å²) in [4.78, 5) is 4.83. The van der Waals surface area contributed by atoms with E-state index in [1.54, 1.807) is 7.11 Å². The molecule has 2 aromatic carbocycles. The first kappa shape index (κ1) is 15.3. The van der Waals surface area contributed by atoms with Crippen LogP contribution in [0.15, 0.2) is 36.4 Å². The average molecular weight is 339 g/mol. The molecule has 1 aliphatic rings. The number of hydrogen-bond acceptors (Lipinski definition) is 3. The zero-order chi connectivity index (χ0) is 16.7. The highest BCUT2D eigenvalue weighted by atomic mass is 35.5. The predicted octanol–water partition coefficient (Wildman–Crippen LogP) is 5.44. The van der Waals surface area contributed by atoms with E-state index < -0.39 is 0 Å². The van der Waals surface area contributed by atoms with Gasteiger partial charge in [-0.1, -0.05) is 17.7 Å². The maximum absolute atomic E-state index is 6.25. The molecule has 0 amide bonds. The smallest absolute Gasteiger partial charge is 0.142 e. The number of nitrogens with one attached hydrogen (secondary N) is 1. The lowest BCUT2D eigenvalue weighted by atomic mass is 10.1. The molecule has 1 aromatic heterocycles. The van der Waals surface area contributed by atoms with Gasteiger partial charge >= 0.3 is 0 Å². The van der Waals surface area contributed by atoms with E-state index in [1.807, 2.05) is 24.3 Å². The van der Waals surface area contributed by atoms with Gasteiger partial charge in [0.1, 0.15) is 5.75 Å². The summed E-state index contributed by atoms with van der Waals surface area (Å²) in [7, 11) is 1.70. The Kier molecular flexibility index (Phi) is 3.81. The van der Waals surface area contributed by atoms with Crippen LogP contribution < -0.4 is 10.1 Å². The fourth-order valence-corrected chi connectivity index (χ4v) is 3.60. The van der Waals surface area contributed by atoms with Crippen LogP contribution in [0.2, 0.25) is 5.02 Å². The van der Waals surface area contributed by atoms with Crippen LogP contribution >= 0.6 is 11.6 Å². The number of pyridine rings is 1. The fraction of sp³-hybridized carbons (Fsp3) is 0.250. The third kappa shape index (κ3) is 2.59. The molecule has 122 valence electrons. The Morgan fingerprint density at radius 1 is 1.12 bits per heavy atom. The van der Waals surface area contributed by atoms with Gasteiger partial charge in [-0.15, -0.1) is 0 Å². The van der Waals surface area contributed by atoms with Gasteiger partial charge in [0.05, 0.1) is 24.0 Å². The summed E-state index contributed by atoms with van der Waals surface area (Å²) in [5.74, 6) is 0.833. The molecular weight excluding hydrogens is 320 g/mol. The number of fused-ring (bicyclic) bond motifs is 2. The Bertz CT molecular complexity index is 937. The number of benzene rings is 2. The van der Waals surface area contributed by atoms with Gasteiger partial charge in [-0.3, -0.25) is 4.98 Å². The van der Waals surface area contributed by atoms with E-state index in [2.05, 4.69) is 24.4 Å². The van der Waals surface area contributed by atoms with Crippen molar-refractivity contribution in [3.8, 4) is 5.75 Å².